The predicted octanol–water partition coefficient (Wildman–Crippen LogP) is 3.17. The van der Waals surface area contributed by atoms with Crippen LogP contribution in [0, 0.1) is 5.82 Å². The summed E-state index contributed by atoms with van der Waals surface area (Å²) in [5, 5.41) is 11.6. The summed E-state index contributed by atoms with van der Waals surface area (Å²) >= 11 is 2.18. The van der Waals surface area contributed by atoms with Gasteiger partial charge in [-0.25, -0.2) is 9.18 Å². The highest BCUT2D eigenvalue weighted by Gasteiger charge is 2.34. The Labute approximate surface area is 214 Å². The van der Waals surface area contributed by atoms with Gasteiger partial charge in [0.1, 0.15) is 17.4 Å². The van der Waals surface area contributed by atoms with Crippen molar-refractivity contribution in [2.24, 2.45) is 19.1 Å². The maximum absolute atomic E-state index is 14.1. The van der Waals surface area contributed by atoms with E-state index < -0.39 is 41.4 Å². The number of nitrogens with zero attached hydrogens (tertiary/aromatic N) is 4. The number of aliphatic hydroxyl groups excluding tert-OH is 1. The molecule has 0 saturated carbocycles. The summed E-state index contributed by atoms with van der Waals surface area (Å²) in [6.07, 6.45) is -4.59. The van der Waals surface area contributed by atoms with E-state index in [0.29, 0.717) is 28.9 Å². The summed E-state index contributed by atoms with van der Waals surface area (Å²) in [7, 11) is 2.89. The molecular formula is C23H20F4N4O4S2. The lowest BCUT2D eigenvalue weighted by Crippen LogP contribution is -2.36. The molecule has 0 radical (unpaired) electrons. The lowest BCUT2D eigenvalue weighted by Gasteiger charge is -2.10. The minimum absolute atomic E-state index is 0.0423. The molecule has 0 aliphatic rings. The van der Waals surface area contributed by atoms with Crippen LogP contribution in [0.4, 0.5) is 17.6 Å². The summed E-state index contributed by atoms with van der Waals surface area (Å²) in [4.78, 5) is 43.4. The molecule has 1 amide bonds. The highest BCUT2D eigenvalue weighted by Crippen LogP contribution is 2.33. The normalized spacial score (nSPS) is 12.6. The number of hydrogen-bond donors (Lipinski definition) is 1. The van der Waals surface area contributed by atoms with Crippen LogP contribution in [-0.4, -0.2) is 24.7 Å². The molecule has 0 atom stereocenters. The van der Waals surface area contributed by atoms with Gasteiger partial charge in [-0.2, -0.15) is 18.2 Å². The maximum Gasteiger partial charge on any atom is 0.419 e. The number of aryl methyl sites for hydroxylation is 2. The average molecular weight is 557 g/mol. The molecule has 4 aromatic rings. The molecular weight excluding hydrogens is 536 g/mol. The van der Waals surface area contributed by atoms with E-state index in [2.05, 4.69) is 4.99 Å². The Hall–Kier alpha value is -3.36. The van der Waals surface area contributed by atoms with Crippen LogP contribution in [0.1, 0.15) is 22.9 Å². The third-order valence-corrected chi connectivity index (χ3v) is 8.16. The van der Waals surface area contributed by atoms with Gasteiger partial charge in [-0.1, -0.05) is 13.0 Å². The van der Waals surface area contributed by atoms with Gasteiger partial charge in [0.25, 0.3) is 11.5 Å². The molecule has 0 aliphatic heterocycles. The first-order valence-corrected chi connectivity index (χ1v) is 12.5. The fourth-order valence-corrected chi connectivity index (χ4v) is 6.10. The van der Waals surface area contributed by atoms with Gasteiger partial charge >= 0.3 is 11.9 Å². The second kappa shape index (κ2) is 9.84. The Morgan fingerprint density at radius 3 is 2.46 bits per heavy atom. The third kappa shape index (κ3) is 4.71. The van der Waals surface area contributed by atoms with Crippen molar-refractivity contribution < 1.29 is 27.5 Å². The molecule has 1 N–H and O–H groups in total. The zero-order valence-corrected chi connectivity index (χ0v) is 21.4. The Morgan fingerprint density at radius 2 is 1.86 bits per heavy atom. The SMILES string of the molecule is CCc1sc2c(c1CC(=O)N=c1scc(-c3ccc(C(F)(F)F)c(F)c3)n1CO)c(=O)n(C)c(=O)n2C. The molecule has 0 unspecified atom stereocenters. The lowest BCUT2D eigenvalue weighted by molar-refractivity contribution is -0.140. The molecule has 8 nitrogen and oxygen atoms in total. The van der Waals surface area contributed by atoms with Gasteiger partial charge in [-0.05, 0) is 24.1 Å². The van der Waals surface area contributed by atoms with E-state index in [1.807, 2.05) is 6.92 Å². The second-order valence-corrected chi connectivity index (χ2v) is 10.0. The van der Waals surface area contributed by atoms with Crippen LogP contribution in [-0.2, 0) is 44.6 Å². The molecule has 0 fully saturated rings. The monoisotopic (exact) mass is 556 g/mol. The van der Waals surface area contributed by atoms with E-state index in [1.165, 1.54) is 39.9 Å². The largest absolute Gasteiger partial charge is 0.419 e. The maximum atomic E-state index is 14.1. The number of alkyl halides is 3. The van der Waals surface area contributed by atoms with Crippen molar-refractivity contribution in [1.82, 2.24) is 13.7 Å². The van der Waals surface area contributed by atoms with E-state index in [-0.39, 0.29) is 27.9 Å². The first-order chi connectivity index (χ1) is 17.4. The number of rotatable bonds is 5. The molecule has 3 aromatic heterocycles. The van der Waals surface area contributed by atoms with Gasteiger partial charge < -0.3 is 5.11 Å². The van der Waals surface area contributed by atoms with E-state index in [4.69, 9.17) is 0 Å². The lowest BCUT2D eigenvalue weighted by atomic mass is 10.1. The van der Waals surface area contributed by atoms with E-state index >= 15 is 0 Å². The molecule has 0 saturated heterocycles. The fraction of sp³-hybridized carbons (Fsp3) is 0.304. The molecule has 196 valence electrons. The number of hydrogen-bond acceptors (Lipinski definition) is 6. The molecule has 37 heavy (non-hydrogen) atoms. The van der Waals surface area contributed by atoms with Crippen molar-refractivity contribution in [3.8, 4) is 11.3 Å². The van der Waals surface area contributed by atoms with Crippen LogP contribution < -0.4 is 16.1 Å². The van der Waals surface area contributed by atoms with Crippen molar-refractivity contribution >= 4 is 38.8 Å². The summed E-state index contributed by atoms with van der Waals surface area (Å²) in [6, 6.07) is 2.37. The van der Waals surface area contributed by atoms with Crippen molar-refractivity contribution in [3.05, 3.63) is 71.0 Å². The van der Waals surface area contributed by atoms with E-state index in [0.717, 1.165) is 26.8 Å². The van der Waals surface area contributed by atoms with Gasteiger partial charge in [0.2, 0.25) is 0 Å². The Kier molecular flexibility index (Phi) is 7.10. The number of carbonyl (C=O) groups is 1. The topological polar surface area (TPSA) is 98.6 Å². The highest BCUT2D eigenvalue weighted by molar-refractivity contribution is 7.18. The summed E-state index contributed by atoms with van der Waals surface area (Å²) in [5.41, 5.74) is -1.73. The number of thiophene rings is 1. The number of aliphatic hydroxyl groups is 1. The van der Waals surface area contributed by atoms with Crippen LogP contribution in [0.2, 0.25) is 0 Å². The number of carbonyl (C=O) groups excluding carboxylic acids is 1. The van der Waals surface area contributed by atoms with Crippen molar-refractivity contribution in [2.45, 2.75) is 32.7 Å². The summed E-state index contributed by atoms with van der Waals surface area (Å²) in [6.45, 7) is 1.19. The van der Waals surface area contributed by atoms with Crippen LogP contribution in [0.3, 0.4) is 0 Å². The first kappa shape index (κ1) is 26.7. The molecule has 0 spiro atoms. The first-order valence-electron chi connectivity index (χ1n) is 10.8. The zero-order chi connectivity index (χ0) is 27.2. The molecule has 4 rings (SSSR count). The molecule has 3 heterocycles. The van der Waals surface area contributed by atoms with Crippen molar-refractivity contribution in [2.75, 3.05) is 0 Å². The van der Waals surface area contributed by atoms with Crippen LogP contribution in [0.5, 0.6) is 0 Å². The number of fused-ring (bicyclic) bond motifs is 1. The number of thiazole rings is 1. The minimum Gasteiger partial charge on any atom is -0.376 e. The van der Waals surface area contributed by atoms with Gasteiger partial charge in [-0.3, -0.25) is 23.3 Å². The van der Waals surface area contributed by atoms with Gasteiger partial charge in [0.15, 0.2) is 4.80 Å². The number of aromatic nitrogens is 3. The van der Waals surface area contributed by atoms with Gasteiger partial charge in [-0.15, -0.1) is 22.7 Å². The van der Waals surface area contributed by atoms with Crippen molar-refractivity contribution in [3.63, 3.8) is 0 Å². The van der Waals surface area contributed by atoms with Crippen LogP contribution in [0.25, 0.3) is 21.5 Å². The quantitative estimate of drug-likeness (QED) is 0.382. The van der Waals surface area contributed by atoms with Crippen LogP contribution >= 0.6 is 22.7 Å². The van der Waals surface area contributed by atoms with E-state index in [9.17, 15) is 37.1 Å². The number of halogens is 4. The van der Waals surface area contributed by atoms with E-state index in [1.54, 1.807) is 0 Å². The number of benzene rings is 1. The Balaban J connectivity index is 1.76. The predicted molar refractivity (Wildman–Crippen MR) is 131 cm³/mol. The Bertz CT molecular complexity index is 1720. The standard InChI is InChI=1S/C23H20F4N4O4S2/c1-4-16-12(18-19(34)29(2)22(35)30(3)20(18)37-16)8-17(33)28-21-31(10-32)15(9-36-21)11-5-6-13(14(24)7-11)23(25,26)27/h5-7,9,32H,4,8,10H2,1-3H3. The molecule has 1 aromatic carbocycles. The fourth-order valence-electron chi connectivity index (χ4n) is 3.98. The smallest absolute Gasteiger partial charge is 0.376 e. The average Bonchev–Trinajstić information content (AvgIpc) is 3.41. The van der Waals surface area contributed by atoms with Gasteiger partial charge in [0, 0.05) is 29.9 Å². The number of amides is 1. The third-order valence-electron chi connectivity index (χ3n) is 5.85. The summed E-state index contributed by atoms with van der Waals surface area (Å²) < 4.78 is 56.3. The second-order valence-electron chi connectivity index (χ2n) is 8.09. The van der Waals surface area contributed by atoms with Crippen LogP contribution in [0.15, 0.2) is 38.2 Å². The zero-order valence-electron chi connectivity index (χ0n) is 19.7. The minimum atomic E-state index is -4.85. The van der Waals surface area contributed by atoms with Gasteiger partial charge in [0.05, 0.1) is 23.1 Å². The molecule has 14 heteroatoms. The molecule has 0 aliphatic carbocycles. The van der Waals surface area contributed by atoms with Crippen molar-refractivity contribution in [1.29, 1.82) is 0 Å². The Morgan fingerprint density at radius 1 is 1.16 bits per heavy atom. The highest BCUT2D eigenvalue weighted by atomic mass is 32.1. The summed E-state index contributed by atoms with van der Waals surface area (Å²) in [5.74, 6) is -2.11. The molecule has 0 bridgehead atoms.